The van der Waals surface area contributed by atoms with Crippen LogP contribution in [0, 0.1) is 0 Å². The van der Waals surface area contributed by atoms with Gasteiger partial charge in [0.05, 0.1) is 5.69 Å². The second-order valence-corrected chi connectivity index (χ2v) is 5.95. The highest BCUT2D eigenvalue weighted by molar-refractivity contribution is 6.08. The molecule has 3 N–H and O–H groups in total. The number of hydrogen-bond donors (Lipinski definition) is 2. The third-order valence-electron chi connectivity index (χ3n) is 4.20. The van der Waals surface area contributed by atoms with E-state index in [-0.39, 0.29) is 17.8 Å². The molecule has 0 radical (unpaired) electrons. The Kier molecular flexibility index (Phi) is 4.46. The van der Waals surface area contributed by atoms with E-state index < -0.39 is 29.8 Å². The predicted molar refractivity (Wildman–Crippen MR) is 94.1 cm³/mol. The highest BCUT2D eigenvalue weighted by Crippen LogP contribution is 2.43. The van der Waals surface area contributed by atoms with E-state index in [1.807, 2.05) is 0 Å². The highest BCUT2D eigenvalue weighted by Gasteiger charge is 2.41. The van der Waals surface area contributed by atoms with Gasteiger partial charge in [0, 0.05) is 41.4 Å². The zero-order chi connectivity index (χ0) is 18.9. The van der Waals surface area contributed by atoms with E-state index in [1.54, 1.807) is 18.2 Å². The molecule has 0 unspecified atom stereocenters. The summed E-state index contributed by atoms with van der Waals surface area (Å²) in [5.41, 5.74) is 6.08. The minimum atomic E-state index is -3.37. The quantitative estimate of drug-likeness (QED) is 0.636. The average Bonchev–Trinajstić information content (AvgIpc) is 2.70. The van der Waals surface area contributed by atoms with Gasteiger partial charge in [0.1, 0.15) is 0 Å². The Morgan fingerprint density at radius 1 is 1.12 bits per heavy atom. The van der Waals surface area contributed by atoms with Gasteiger partial charge in [-0.05, 0) is 30.3 Å². The van der Waals surface area contributed by atoms with E-state index in [4.69, 9.17) is 10.8 Å². The van der Waals surface area contributed by atoms with E-state index in [1.165, 1.54) is 35.2 Å². The lowest BCUT2D eigenvalue weighted by Gasteiger charge is -2.22. The van der Waals surface area contributed by atoms with Crippen LogP contribution in [-0.4, -0.2) is 29.5 Å². The predicted octanol–water partition coefficient (Wildman–Crippen LogP) is 3.42. The maximum Gasteiger partial charge on any atom is 0.328 e. The van der Waals surface area contributed by atoms with Crippen molar-refractivity contribution in [2.24, 2.45) is 0 Å². The Balaban J connectivity index is 2.12. The molecule has 0 saturated carbocycles. The number of carbonyl (C=O) groups excluding carboxylic acids is 1. The molecule has 1 aliphatic rings. The molecule has 0 saturated heterocycles. The van der Waals surface area contributed by atoms with Crippen LogP contribution in [0.4, 0.5) is 20.2 Å². The Morgan fingerprint density at radius 3 is 2.42 bits per heavy atom. The van der Waals surface area contributed by atoms with Gasteiger partial charge in [-0.15, -0.1) is 0 Å². The average molecular weight is 358 g/mol. The number of amides is 1. The van der Waals surface area contributed by atoms with Crippen LogP contribution in [0.5, 0.6) is 0 Å². The summed E-state index contributed by atoms with van der Waals surface area (Å²) in [6, 6.07) is 12.2. The fourth-order valence-corrected chi connectivity index (χ4v) is 2.94. The van der Waals surface area contributed by atoms with Crippen molar-refractivity contribution in [3.8, 4) is 0 Å². The number of hydrogen-bond acceptors (Lipinski definition) is 3. The number of nitrogens with two attached hydrogens (primary N) is 1. The summed E-state index contributed by atoms with van der Waals surface area (Å²) in [5.74, 6) is -5.29. The molecular formula is C19H16F2N2O3. The molecule has 26 heavy (non-hydrogen) atoms. The van der Waals surface area contributed by atoms with Crippen LogP contribution in [0.3, 0.4) is 0 Å². The van der Waals surface area contributed by atoms with E-state index in [2.05, 4.69) is 0 Å². The number of anilines is 2. The molecule has 2 aromatic carbocycles. The zero-order valence-corrected chi connectivity index (χ0v) is 13.7. The molecule has 1 heterocycles. The molecule has 0 spiro atoms. The number of carbonyl (C=O) groups is 2. The van der Waals surface area contributed by atoms with Crippen LogP contribution < -0.4 is 10.6 Å². The lowest BCUT2D eigenvalue weighted by atomic mass is 9.97. The van der Waals surface area contributed by atoms with Crippen LogP contribution in [0.15, 0.2) is 54.6 Å². The van der Waals surface area contributed by atoms with Crippen LogP contribution in [0.25, 0.3) is 5.57 Å². The van der Waals surface area contributed by atoms with Crippen molar-refractivity contribution in [1.82, 2.24) is 0 Å². The van der Waals surface area contributed by atoms with Gasteiger partial charge in [0.15, 0.2) is 0 Å². The molecule has 3 rings (SSSR count). The first-order valence-electron chi connectivity index (χ1n) is 7.89. The van der Waals surface area contributed by atoms with Crippen molar-refractivity contribution in [1.29, 1.82) is 0 Å². The van der Waals surface area contributed by atoms with Gasteiger partial charge in [-0.1, -0.05) is 18.2 Å². The van der Waals surface area contributed by atoms with Crippen LogP contribution in [-0.2, 0) is 4.79 Å². The second-order valence-electron chi connectivity index (χ2n) is 5.95. The molecule has 0 atom stereocenters. The van der Waals surface area contributed by atoms with Crippen molar-refractivity contribution >= 4 is 28.8 Å². The normalized spacial score (nSPS) is 17.5. The van der Waals surface area contributed by atoms with Crippen molar-refractivity contribution < 1.29 is 23.5 Å². The van der Waals surface area contributed by atoms with Gasteiger partial charge in [-0.3, -0.25) is 4.79 Å². The zero-order valence-electron chi connectivity index (χ0n) is 13.7. The maximum atomic E-state index is 14.6. The van der Waals surface area contributed by atoms with Crippen molar-refractivity contribution in [3.63, 3.8) is 0 Å². The van der Waals surface area contributed by atoms with Gasteiger partial charge in [-0.2, -0.15) is 0 Å². The van der Waals surface area contributed by atoms with Crippen molar-refractivity contribution in [2.75, 3.05) is 17.2 Å². The third kappa shape index (κ3) is 3.28. The molecule has 0 bridgehead atoms. The molecule has 0 aromatic heterocycles. The Hall–Kier alpha value is -3.22. The first-order valence-corrected chi connectivity index (χ1v) is 7.89. The first kappa shape index (κ1) is 17.6. The molecule has 1 aliphatic heterocycles. The summed E-state index contributed by atoms with van der Waals surface area (Å²) in [6.45, 7) is -0.246. The summed E-state index contributed by atoms with van der Waals surface area (Å²) in [7, 11) is 0. The number of fused-ring (bicyclic) bond motifs is 1. The molecule has 134 valence electrons. The van der Waals surface area contributed by atoms with Gasteiger partial charge in [-0.25, -0.2) is 13.6 Å². The molecular weight excluding hydrogens is 342 g/mol. The highest BCUT2D eigenvalue weighted by atomic mass is 19.3. The number of allylic oxidation sites excluding steroid dienone is 1. The summed E-state index contributed by atoms with van der Waals surface area (Å²) in [4.78, 5) is 25.2. The molecule has 0 fully saturated rings. The van der Waals surface area contributed by atoms with Crippen LogP contribution in [0.1, 0.15) is 22.3 Å². The topological polar surface area (TPSA) is 83.6 Å². The Morgan fingerprint density at radius 2 is 1.77 bits per heavy atom. The van der Waals surface area contributed by atoms with Crippen molar-refractivity contribution in [2.45, 2.75) is 12.3 Å². The molecule has 1 amide bonds. The second kappa shape index (κ2) is 6.59. The number of rotatable bonds is 2. The van der Waals surface area contributed by atoms with E-state index >= 15 is 0 Å². The smallest absolute Gasteiger partial charge is 0.328 e. The first-order chi connectivity index (χ1) is 12.3. The van der Waals surface area contributed by atoms with Gasteiger partial charge >= 0.3 is 5.97 Å². The van der Waals surface area contributed by atoms with Gasteiger partial charge in [0.25, 0.3) is 11.8 Å². The summed E-state index contributed by atoms with van der Waals surface area (Å²) in [6.07, 6.45) is -0.169. The van der Waals surface area contributed by atoms with Crippen LogP contribution >= 0.6 is 0 Å². The van der Waals surface area contributed by atoms with Crippen LogP contribution in [0.2, 0.25) is 0 Å². The minimum absolute atomic E-state index is 0.0289. The number of halogens is 2. The Bertz CT molecular complexity index is 892. The maximum absolute atomic E-state index is 14.6. The minimum Gasteiger partial charge on any atom is -0.478 e. The number of para-hydroxylation sites is 1. The Labute approximate surface area is 148 Å². The number of alkyl halides is 2. The number of carboxylic acid groups (broad SMARTS) is 1. The number of nitrogen functional groups attached to an aromatic ring is 1. The van der Waals surface area contributed by atoms with E-state index in [0.717, 1.165) is 0 Å². The van der Waals surface area contributed by atoms with E-state index in [0.29, 0.717) is 17.3 Å². The fraction of sp³-hybridized carbons (Fsp3) is 0.158. The molecule has 5 nitrogen and oxygen atoms in total. The standard InChI is InChI=1S/C19H16F2N2O3/c20-19(21)9-10-23(18(26)12-5-7-13(22)8-6-12)16-4-2-1-3-14(16)15(19)11-17(24)25/h1-8,11H,9-10,22H2,(H,24,25)/b15-11-. The number of aliphatic carboxylic acids is 1. The van der Waals surface area contributed by atoms with Gasteiger partial charge < -0.3 is 15.7 Å². The number of benzene rings is 2. The molecule has 7 heteroatoms. The van der Waals surface area contributed by atoms with Gasteiger partial charge in [0.2, 0.25) is 0 Å². The monoisotopic (exact) mass is 358 g/mol. The fourth-order valence-electron chi connectivity index (χ4n) is 2.94. The lowest BCUT2D eigenvalue weighted by molar-refractivity contribution is -0.131. The number of nitrogens with zero attached hydrogens (tertiary/aromatic N) is 1. The molecule has 2 aromatic rings. The third-order valence-corrected chi connectivity index (χ3v) is 4.20. The molecule has 0 aliphatic carbocycles. The summed E-state index contributed by atoms with van der Waals surface area (Å²) < 4.78 is 29.1. The number of carboxylic acids is 1. The summed E-state index contributed by atoms with van der Waals surface area (Å²) >= 11 is 0. The summed E-state index contributed by atoms with van der Waals surface area (Å²) in [5, 5.41) is 8.99. The largest absolute Gasteiger partial charge is 0.478 e. The van der Waals surface area contributed by atoms with E-state index in [9.17, 15) is 18.4 Å². The van der Waals surface area contributed by atoms with Crippen molar-refractivity contribution in [3.05, 3.63) is 65.7 Å². The lowest BCUT2D eigenvalue weighted by Crippen LogP contribution is -2.33. The SMILES string of the molecule is Nc1ccc(C(=O)N2CCC(F)(F)/C(=C\C(=O)O)c3ccccc32)cc1.